The molecule has 292 valence electrons. The second-order valence-electron chi connectivity index (χ2n) is 13.4. The highest BCUT2D eigenvalue weighted by Crippen LogP contribution is 2.42. The van der Waals surface area contributed by atoms with Gasteiger partial charge in [0.15, 0.2) is 29.8 Å². The molecule has 1 saturated carbocycles. The van der Waals surface area contributed by atoms with E-state index >= 15 is 0 Å². The van der Waals surface area contributed by atoms with Gasteiger partial charge in [-0.3, -0.25) is 19.3 Å². The van der Waals surface area contributed by atoms with E-state index in [0.29, 0.717) is 13.1 Å². The van der Waals surface area contributed by atoms with Gasteiger partial charge in [0.2, 0.25) is 5.91 Å². The van der Waals surface area contributed by atoms with Crippen molar-refractivity contribution in [2.75, 3.05) is 18.0 Å². The van der Waals surface area contributed by atoms with E-state index in [-0.39, 0.29) is 58.4 Å². The molecule has 3 amide bonds. The van der Waals surface area contributed by atoms with Gasteiger partial charge in [-0.25, -0.2) is 19.1 Å². The summed E-state index contributed by atoms with van der Waals surface area (Å²) in [6, 6.07) is 12.5. The molecule has 2 atom stereocenters. The molecule has 7 rings (SSSR count). The van der Waals surface area contributed by atoms with Crippen molar-refractivity contribution < 1.29 is 51.3 Å². The number of likely N-dealkylation sites (tertiary alicyclic amines) is 1. The maximum absolute atomic E-state index is 13.6. The third-order valence-corrected chi connectivity index (χ3v) is 11.5. The molecule has 2 saturated heterocycles. The van der Waals surface area contributed by atoms with Crippen LogP contribution in [0.1, 0.15) is 48.9 Å². The van der Waals surface area contributed by atoms with Crippen molar-refractivity contribution >= 4 is 63.6 Å². The average molecular weight is 811 g/mol. The Morgan fingerprint density at radius 3 is 2.48 bits per heavy atom. The average Bonchev–Trinajstić information content (AvgIpc) is 3.94. The molecule has 2 aromatic heterocycles. The molecule has 0 unspecified atom stereocenters. The number of anilines is 1. The lowest BCUT2D eigenvalue weighted by atomic mass is 10.0. The number of ether oxygens (including phenoxy) is 1. The third kappa shape index (κ3) is 8.47. The van der Waals surface area contributed by atoms with Gasteiger partial charge in [0, 0.05) is 47.5 Å². The van der Waals surface area contributed by atoms with E-state index in [1.165, 1.54) is 11.5 Å². The normalized spacial score (nSPS) is 21.0. The lowest BCUT2D eigenvalue weighted by Gasteiger charge is -2.49. The lowest BCUT2D eigenvalue weighted by molar-refractivity contribution is -0.688. The molecule has 3 fully saturated rings. The van der Waals surface area contributed by atoms with Crippen molar-refractivity contribution in [2.24, 2.45) is 5.16 Å². The number of carbonyl (C=O) groups is 5. The first-order valence-electron chi connectivity index (χ1n) is 17.6. The number of pyridine rings is 1. The van der Waals surface area contributed by atoms with Gasteiger partial charge in [0.25, 0.3) is 11.8 Å². The molecule has 14 nitrogen and oxygen atoms in total. The minimum Gasteiger partial charge on any atom is -0.392 e. The van der Waals surface area contributed by atoms with Crippen LogP contribution in [-0.4, -0.2) is 86.1 Å². The van der Waals surface area contributed by atoms with Gasteiger partial charge in [-0.15, -0.1) is 23.1 Å². The molecule has 4 aliphatic rings. The molecule has 3 aliphatic heterocycles. The molecule has 5 heterocycles. The van der Waals surface area contributed by atoms with Crippen molar-refractivity contribution in [3.8, 4) is 0 Å². The van der Waals surface area contributed by atoms with Crippen LogP contribution in [0, 0.1) is 0 Å². The first-order valence-corrected chi connectivity index (χ1v) is 19.6. The number of halogens is 3. The zero-order valence-electron chi connectivity index (χ0n) is 29.6. The number of nitrogens with one attached hydrogen (secondary N) is 1. The van der Waals surface area contributed by atoms with Crippen LogP contribution in [0.2, 0.25) is 0 Å². The summed E-state index contributed by atoms with van der Waals surface area (Å²) in [5, 5.41) is 7.30. The predicted molar refractivity (Wildman–Crippen MR) is 196 cm³/mol. The van der Waals surface area contributed by atoms with Gasteiger partial charge >= 0.3 is 18.1 Å². The van der Waals surface area contributed by atoms with E-state index in [1.54, 1.807) is 4.90 Å². The summed E-state index contributed by atoms with van der Waals surface area (Å²) in [7, 11) is 0. The van der Waals surface area contributed by atoms with Crippen LogP contribution in [0.3, 0.4) is 0 Å². The molecule has 19 heteroatoms. The van der Waals surface area contributed by atoms with Gasteiger partial charge in [-0.05, 0) is 49.3 Å². The van der Waals surface area contributed by atoms with Gasteiger partial charge in [-0.1, -0.05) is 35.5 Å². The Labute approximate surface area is 326 Å². The molecule has 1 aliphatic carbocycles. The minimum absolute atomic E-state index is 0.0152. The Bertz CT molecular complexity index is 2130. The molecule has 0 spiro atoms. The summed E-state index contributed by atoms with van der Waals surface area (Å²) < 4.78 is 45.7. The highest BCUT2D eigenvalue weighted by molar-refractivity contribution is 8.00. The van der Waals surface area contributed by atoms with Crippen LogP contribution in [0.4, 0.5) is 18.3 Å². The largest absolute Gasteiger partial charge is 0.491 e. The predicted octanol–water partition coefficient (Wildman–Crippen LogP) is 3.37. The van der Waals surface area contributed by atoms with Crippen LogP contribution >= 0.6 is 23.1 Å². The van der Waals surface area contributed by atoms with Crippen molar-refractivity contribution in [3.05, 3.63) is 100.0 Å². The number of esters is 2. The first-order chi connectivity index (χ1) is 26.9. The quantitative estimate of drug-likeness (QED) is 0.0556. The molecule has 3 N–H and O–H groups in total. The Morgan fingerprint density at radius 2 is 1.80 bits per heavy atom. The fourth-order valence-electron chi connectivity index (χ4n) is 6.74. The van der Waals surface area contributed by atoms with Crippen LogP contribution in [0.25, 0.3) is 0 Å². The number of hydrogen-bond donors (Lipinski definition) is 2. The summed E-state index contributed by atoms with van der Waals surface area (Å²) in [4.78, 5) is 77.9. The maximum Gasteiger partial charge on any atom is 0.491 e. The number of aromatic nitrogens is 2. The number of nitrogen functional groups attached to an aromatic ring is 1. The van der Waals surface area contributed by atoms with Crippen LogP contribution in [0.15, 0.2) is 88.3 Å². The van der Waals surface area contributed by atoms with Crippen molar-refractivity contribution in [1.29, 1.82) is 0 Å². The van der Waals surface area contributed by atoms with Crippen molar-refractivity contribution in [1.82, 2.24) is 20.1 Å². The number of allylic oxidation sites excluding steroid dienone is 1. The molecule has 0 bridgehead atoms. The number of carbonyl (C=O) groups excluding carboxylic acids is 5. The van der Waals surface area contributed by atoms with Crippen LogP contribution < -0.4 is 15.6 Å². The Kier molecular flexibility index (Phi) is 11.2. The number of nitrogens with zero attached hydrogens (tertiary/aromatic N) is 5. The van der Waals surface area contributed by atoms with E-state index in [2.05, 4.69) is 20.2 Å². The van der Waals surface area contributed by atoms with E-state index in [4.69, 9.17) is 10.6 Å². The molecular weight excluding hydrogens is 776 g/mol. The van der Waals surface area contributed by atoms with Crippen molar-refractivity contribution in [3.63, 3.8) is 0 Å². The summed E-state index contributed by atoms with van der Waals surface area (Å²) >= 11 is 2.16. The van der Waals surface area contributed by atoms with E-state index in [9.17, 15) is 37.1 Å². The van der Waals surface area contributed by atoms with Crippen LogP contribution in [0.5, 0.6) is 0 Å². The molecular formula is C37H35F3N7O7S2+. The number of thiazole rings is 1. The summed E-state index contributed by atoms with van der Waals surface area (Å²) in [5.74, 6) is -6.61. The Hall–Kier alpha value is -5.56. The van der Waals surface area contributed by atoms with Gasteiger partial charge in [0.05, 0.1) is 0 Å². The second kappa shape index (κ2) is 16.3. The molecule has 1 aromatic carbocycles. The number of rotatable bonds is 11. The zero-order chi connectivity index (χ0) is 39.6. The Balaban J connectivity index is 1.09. The standard InChI is InChI=1S/C37H34F3N7O7S2/c38-37(39,40)35(52)53-34(51)29-24(16-23-12-15-46(31(23)49)18-22-10-13-45(14-11-22)17-21-6-2-1-3-7-21)19-55-33-28(32(50)47(29)33)43-30(48)27(26-20-56-36(41)42-26)44-54-25-8-4-5-9-25/h1-3,6-7,10-11,13-14,16,20,25,28,33H,4-5,8-9,12,15,17-19H2,(H2-,41,42,43,48)/p+1/b23-16?,44-27-/t28-,33-/m1/s1. The number of thioether (sulfide) groups is 1. The number of hydrogen-bond acceptors (Lipinski definition) is 12. The van der Waals surface area contributed by atoms with E-state index in [1.807, 2.05) is 59.4 Å². The van der Waals surface area contributed by atoms with Gasteiger partial charge in [-0.2, -0.15) is 13.2 Å². The Morgan fingerprint density at radius 1 is 1.07 bits per heavy atom. The number of fused-ring (bicyclic) bond motifs is 1. The fourth-order valence-corrected chi connectivity index (χ4v) is 8.59. The minimum atomic E-state index is -5.50. The first kappa shape index (κ1) is 38.7. The zero-order valence-corrected chi connectivity index (χ0v) is 31.2. The number of β-lactam (4-membered cyclic amide) rings is 1. The number of nitrogens with two attached hydrogens (primary N) is 1. The van der Waals surface area contributed by atoms with Crippen LogP contribution in [-0.2, 0) is 46.6 Å². The number of oxime groups is 1. The molecule has 0 radical (unpaired) electrons. The monoisotopic (exact) mass is 810 g/mol. The fraction of sp³-hybridized carbons (Fsp3) is 0.351. The third-order valence-electron chi connectivity index (χ3n) is 9.57. The van der Waals surface area contributed by atoms with E-state index < -0.39 is 47.0 Å². The highest BCUT2D eigenvalue weighted by Gasteiger charge is 2.55. The van der Waals surface area contributed by atoms with Crippen molar-refractivity contribution in [2.45, 2.75) is 68.9 Å². The lowest BCUT2D eigenvalue weighted by Crippen LogP contribution is -2.71. The highest BCUT2D eigenvalue weighted by atomic mass is 32.2. The second-order valence-corrected chi connectivity index (χ2v) is 15.4. The number of benzene rings is 1. The SMILES string of the molecule is Nc1nc(/C(=N/OC2CCCC2)C(=O)N[C@@H]2C(=O)N3C(C(=O)OC(=O)C(F)(F)F)=C(C=C4CCN(Cc5cc[n+](Cc6ccccc6)cc5)C4=O)CS[C@H]23)cs1. The molecule has 56 heavy (non-hydrogen) atoms. The van der Waals surface area contributed by atoms with Gasteiger partial charge < -0.3 is 25.5 Å². The summed E-state index contributed by atoms with van der Waals surface area (Å²) in [6.45, 7) is 1.28. The summed E-state index contributed by atoms with van der Waals surface area (Å²) in [5.41, 5.74) is 7.29. The number of amides is 3. The van der Waals surface area contributed by atoms with E-state index in [0.717, 1.165) is 64.8 Å². The molecule has 3 aromatic rings. The topological polar surface area (TPSA) is 177 Å². The smallest absolute Gasteiger partial charge is 0.392 e. The number of alkyl halides is 3. The maximum atomic E-state index is 13.6. The van der Waals surface area contributed by atoms with Gasteiger partial charge in [0.1, 0.15) is 28.9 Å². The summed E-state index contributed by atoms with van der Waals surface area (Å²) in [6.07, 6.45) is 3.11.